The molecule has 34 heavy (non-hydrogen) atoms. The van der Waals surface area contributed by atoms with Crippen molar-refractivity contribution in [3.05, 3.63) is 82.9 Å². The Balaban J connectivity index is 1.18. The highest BCUT2D eigenvalue weighted by Gasteiger charge is 2.26. The van der Waals surface area contributed by atoms with Crippen LogP contribution < -0.4 is 20.1 Å². The Morgan fingerprint density at radius 3 is 1.56 bits per heavy atom. The van der Waals surface area contributed by atoms with Gasteiger partial charge in [0.05, 0.1) is 14.2 Å². The molecule has 5 heteroatoms. The molecule has 4 aromatic carbocycles. The monoisotopic (exact) mass is 452 g/mol. The van der Waals surface area contributed by atoms with E-state index < -0.39 is 0 Å². The zero-order valence-electron chi connectivity index (χ0n) is 19.5. The number of ether oxygens (including phenoxy) is 2. The Hall–Kier alpha value is -3.73. The molecule has 0 spiro atoms. The second-order valence-electron chi connectivity index (χ2n) is 9.43. The van der Waals surface area contributed by atoms with Crippen LogP contribution in [0, 0.1) is 0 Å². The quantitative estimate of drug-likeness (QED) is 0.461. The Labute approximate surface area is 199 Å². The van der Waals surface area contributed by atoms with Gasteiger partial charge in [-0.15, -0.1) is 0 Å². The van der Waals surface area contributed by atoms with Crippen molar-refractivity contribution in [2.24, 2.45) is 0 Å². The van der Waals surface area contributed by atoms with E-state index in [0.717, 1.165) is 37.2 Å². The zero-order chi connectivity index (χ0) is 23.2. The number of hydrogen-bond donors (Lipinski definition) is 2. The molecule has 0 saturated heterocycles. The SMILES string of the molecule is COc1cc2c3c(cccc3c1)CC(NC(=O)NC1Cc3cccc4cc(OC)cc(c34)C1)C2. The molecule has 2 aliphatic carbocycles. The van der Waals surface area contributed by atoms with Gasteiger partial charge in [0.25, 0.3) is 0 Å². The van der Waals surface area contributed by atoms with Crippen LogP contribution in [-0.2, 0) is 25.7 Å². The maximum absolute atomic E-state index is 13.1. The van der Waals surface area contributed by atoms with Gasteiger partial charge in [-0.05, 0) is 93.7 Å². The van der Waals surface area contributed by atoms with Gasteiger partial charge in [-0.3, -0.25) is 0 Å². The number of hydrogen-bond acceptors (Lipinski definition) is 3. The smallest absolute Gasteiger partial charge is 0.315 e. The highest BCUT2D eigenvalue weighted by molar-refractivity contribution is 5.92. The van der Waals surface area contributed by atoms with E-state index in [4.69, 9.17) is 9.47 Å². The van der Waals surface area contributed by atoms with Crippen LogP contribution in [-0.4, -0.2) is 32.3 Å². The molecule has 0 saturated carbocycles. The van der Waals surface area contributed by atoms with E-state index >= 15 is 0 Å². The number of nitrogens with one attached hydrogen (secondary N) is 2. The van der Waals surface area contributed by atoms with Crippen LogP contribution >= 0.6 is 0 Å². The number of methoxy groups -OCH3 is 2. The molecule has 0 aromatic heterocycles. The second-order valence-corrected chi connectivity index (χ2v) is 9.43. The Morgan fingerprint density at radius 1 is 0.676 bits per heavy atom. The third-order valence-corrected chi connectivity index (χ3v) is 7.24. The summed E-state index contributed by atoms with van der Waals surface area (Å²) in [6.07, 6.45) is 3.24. The van der Waals surface area contributed by atoms with Crippen molar-refractivity contribution in [3.63, 3.8) is 0 Å². The summed E-state index contributed by atoms with van der Waals surface area (Å²) in [6.45, 7) is 0. The number of urea groups is 1. The maximum atomic E-state index is 13.1. The van der Waals surface area contributed by atoms with Crippen LogP contribution in [0.15, 0.2) is 60.7 Å². The van der Waals surface area contributed by atoms with Crippen LogP contribution in [0.25, 0.3) is 21.5 Å². The summed E-state index contributed by atoms with van der Waals surface area (Å²) < 4.78 is 11.0. The van der Waals surface area contributed by atoms with Gasteiger partial charge in [-0.25, -0.2) is 4.79 Å². The van der Waals surface area contributed by atoms with Crippen molar-refractivity contribution in [2.45, 2.75) is 37.8 Å². The highest BCUT2D eigenvalue weighted by Crippen LogP contribution is 2.35. The summed E-state index contributed by atoms with van der Waals surface area (Å²) >= 11 is 0. The fourth-order valence-corrected chi connectivity index (χ4v) is 5.86. The third kappa shape index (κ3) is 3.61. The van der Waals surface area contributed by atoms with E-state index in [9.17, 15) is 4.79 Å². The molecule has 2 aliphatic rings. The molecule has 2 atom stereocenters. The first-order valence-corrected chi connectivity index (χ1v) is 11.9. The number of amides is 2. The summed E-state index contributed by atoms with van der Waals surface area (Å²) in [4.78, 5) is 13.1. The summed E-state index contributed by atoms with van der Waals surface area (Å²) in [5, 5.41) is 11.5. The molecular weight excluding hydrogens is 424 g/mol. The van der Waals surface area contributed by atoms with E-state index in [0.29, 0.717) is 0 Å². The van der Waals surface area contributed by atoms with E-state index in [2.05, 4.69) is 71.3 Å². The molecule has 6 rings (SSSR count). The van der Waals surface area contributed by atoms with Gasteiger partial charge in [-0.1, -0.05) is 36.4 Å². The Bertz CT molecular complexity index is 1320. The molecule has 0 radical (unpaired) electrons. The van der Waals surface area contributed by atoms with E-state index in [1.165, 1.54) is 43.8 Å². The predicted octanol–water partition coefficient (Wildman–Crippen LogP) is 4.94. The normalized spacial score (nSPS) is 18.5. The molecule has 0 bridgehead atoms. The minimum Gasteiger partial charge on any atom is -0.497 e. The molecular formula is C29H28N2O3. The first-order valence-electron chi connectivity index (χ1n) is 11.9. The van der Waals surface area contributed by atoms with Gasteiger partial charge in [0.2, 0.25) is 0 Å². The lowest BCUT2D eigenvalue weighted by Crippen LogP contribution is -2.50. The van der Waals surface area contributed by atoms with Gasteiger partial charge >= 0.3 is 6.03 Å². The number of benzene rings is 4. The fourth-order valence-electron chi connectivity index (χ4n) is 5.86. The molecule has 2 N–H and O–H groups in total. The molecule has 2 unspecified atom stereocenters. The maximum Gasteiger partial charge on any atom is 0.315 e. The average molecular weight is 453 g/mol. The lowest BCUT2D eigenvalue weighted by atomic mass is 9.85. The molecule has 4 aromatic rings. The van der Waals surface area contributed by atoms with E-state index in [1.54, 1.807) is 14.2 Å². The van der Waals surface area contributed by atoms with Crippen molar-refractivity contribution in [1.29, 1.82) is 0 Å². The predicted molar refractivity (Wildman–Crippen MR) is 135 cm³/mol. The number of carbonyl (C=O) groups is 1. The summed E-state index contributed by atoms with van der Waals surface area (Å²) in [5.74, 6) is 1.71. The molecule has 172 valence electrons. The topological polar surface area (TPSA) is 59.6 Å². The standard InChI is InChI=1S/C29H28N2O3/c1-33-25-13-19-7-3-5-17-9-23(11-21(15-25)27(17)19)30-29(32)31-24-10-18-6-4-8-20-14-26(34-2)16-22(12-24)28(18)20/h3-8,13-16,23-24H,9-12H2,1-2H3,(H2,30,31,32). The minimum atomic E-state index is -0.105. The number of carbonyl (C=O) groups excluding carboxylic acids is 1. The van der Waals surface area contributed by atoms with Crippen molar-refractivity contribution in [3.8, 4) is 11.5 Å². The van der Waals surface area contributed by atoms with Crippen LogP contribution in [0.1, 0.15) is 22.3 Å². The van der Waals surface area contributed by atoms with Crippen LogP contribution in [0.3, 0.4) is 0 Å². The van der Waals surface area contributed by atoms with Crippen molar-refractivity contribution < 1.29 is 14.3 Å². The van der Waals surface area contributed by atoms with Crippen molar-refractivity contribution in [1.82, 2.24) is 10.6 Å². The largest absolute Gasteiger partial charge is 0.497 e. The minimum absolute atomic E-state index is 0.0459. The zero-order valence-corrected chi connectivity index (χ0v) is 19.5. The second kappa shape index (κ2) is 8.24. The molecule has 0 heterocycles. The highest BCUT2D eigenvalue weighted by atomic mass is 16.5. The van der Waals surface area contributed by atoms with Crippen molar-refractivity contribution >= 4 is 27.6 Å². The van der Waals surface area contributed by atoms with Gasteiger partial charge in [0.1, 0.15) is 11.5 Å². The van der Waals surface area contributed by atoms with Gasteiger partial charge in [0.15, 0.2) is 0 Å². The van der Waals surface area contributed by atoms with Crippen LogP contribution in [0.4, 0.5) is 4.79 Å². The fraction of sp³-hybridized carbons (Fsp3) is 0.276. The van der Waals surface area contributed by atoms with E-state index in [-0.39, 0.29) is 18.1 Å². The molecule has 5 nitrogen and oxygen atoms in total. The van der Waals surface area contributed by atoms with Crippen molar-refractivity contribution in [2.75, 3.05) is 14.2 Å². The summed E-state index contributed by atoms with van der Waals surface area (Å²) in [6, 6.07) is 21.1. The first-order chi connectivity index (χ1) is 16.6. The van der Waals surface area contributed by atoms with Crippen LogP contribution in [0.2, 0.25) is 0 Å². The van der Waals surface area contributed by atoms with Crippen LogP contribution in [0.5, 0.6) is 11.5 Å². The average Bonchev–Trinajstić information content (AvgIpc) is 2.83. The van der Waals surface area contributed by atoms with Gasteiger partial charge in [-0.2, -0.15) is 0 Å². The summed E-state index contributed by atoms with van der Waals surface area (Å²) in [7, 11) is 3.39. The van der Waals surface area contributed by atoms with E-state index in [1.807, 2.05) is 0 Å². The molecule has 0 fully saturated rings. The van der Waals surface area contributed by atoms with Gasteiger partial charge < -0.3 is 20.1 Å². The Morgan fingerprint density at radius 2 is 1.12 bits per heavy atom. The molecule has 0 aliphatic heterocycles. The first kappa shape index (κ1) is 20.8. The van der Waals surface area contributed by atoms with Gasteiger partial charge in [0, 0.05) is 12.1 Å². The lowest BCUT2D eigenvalue weighted by Gasteiger charge is -2.29. The Kier molecular flexibility index (Phi) is 5.05. The summed E-state index contributed by atoms with van der Waals surface area (Å²) in [5.41, 5.74) is 5.01. The molecule has 2 amide bonds. The third-order valence-electron chi connectivity index (χ3n) is 7.24. The lowest BCUT2D eigenvalue weighted by molar-refractivity contribution is 0.232. The number of rotatable bonds is 4.